The summed E-state index contributed by atoms with van der Waals surface area (Å²) >= 11 is 0. The molecule has 1 aliphatic heterocycles. The van der Waals surface area contributed by atoms with Crippen LogP contribution in [0.4, 0.5) is 0 Å². The van der Waals surface area contributed by atoms with E-state index in [1.807, 2.05) is 0 Å². The lowest BCUT2D eigenvalue weighted by atomic mass is 10.2. The van der Waals surface area contributed by atoms with Gasteiger partial charge in [0.1, 0.15) is 18.1 Å². The zero-order valence-corrected chi connectivity index (χ0v) is 15.8. The average Bonchev–Trinajstić information content (AvgIpc) is 2.96. The molecule has 1 aromatic carbocycles. The summed E-state index contributed by atoms with van der Waals surface area (Å²) in [5.74, 6) is 0.698. The van der Waals surface area contributed by atoms with Gasteiger partial charge in [-0.2, -0.15) is 0 Å². The van der Waals surface area contributed by atoms with Crippen LogP contribution >= 0.6 is 0 Å². The molecule has 1 heterocycles. The first-order valence-electron chi connectivity index (χ1n) is 8.32. The second kappa shape index (κ2) is 8.88. The van der Waals surface area contributed by atoms with E-state index < -0.39 is 15.9 Å². The van der Waals surface area contributed by atoms with E-state index in [1.54, 1.807) is 31.4 Å². The highest BCUT2D eigenvalue weighted by Gasteiger charge is 2.34. The van der Waals surface area contributed by atoms with Crippen molar-refractivity contribution < 1.29 is 27.5 Å². The highest BCUT2D eigenvalue weighted by atomic mass is 32.2. The summed E-state index contributed by atoms with van der Waals surface area (Å²) in [6.07, 6.45) is 0.371. The van der Waals surface area contributed by atoms with E-state index in [2.05, 4.69) is 5.32 Å². The third-order valence-corrected chi connectivity index (χ3v) is 5.87. The first-order chi connectivity index (χ1) is 12.3. The highest BCUT2D eigenvalue weighted by molar-refractivity contribution is 7.91. The van der Waals surface area contributed by atoms with Crippen molar-refractivity contribution in [3.05, 3.63) is 24.3 Å². The van der Waals surface area contributed by atoms with Gasteiger partial charge in [-0.1, -0.05) is 0 Å². The number of nitrogens with zero attached hydrogens (tertiary/aromatic N) is 1. The van der Waals surface area contributed by atoms with E-state index in [1.165, 1.54) is 11.8 Å². The van der Waals surface area contributed by atoms with Crippen LogP contribution in [0.3, 0.4) is 0 Å². The van der Waals surface area contributed by atoms with E-state index in [4.69, 9.17) is 9.47 Å². The van der Waals surface area contributed by atoms with Gasteiger partial charge in [0.25, 0.3) is 0 Å². The number of ether oxygens (including phenoxy) is 2. The van der Waals surface area contributed by atoms with Crippen LogP contribution in [0.2, 0.25) is 0 Å². The predicted octanol–water partition coefficient (Wildman–Crippen LogP) is 0.226. The van der Waals surface area contributed by atoms with Crippen molar-refractivity contribution in [1.82, 2.24) is 10.2 Å². The maximum absolute atomic E-state index is 12.0. The van der Waals surface area contributed by atoms with Crippen molar-refractivity contribution in [1.29, 1.82) is 0 Å². The minimum absolute atomic E-state index is 0.0543. The summed E-state index contributed by atoms with van der Waals surface area (Å²) in [6.45, 7) is 1.73. The third-order valence-electron chi connectivity index (χ3n) is 4.12. The predicted molar refractivity (Wildman–Crippen MR) is 95.9 cm³/mol. The summed E-state index contributed by atoms with van der Waals surface area (Å²) in [4.78, 5) is 25.1. The van der Waals surface area contributed by atoms with E-state index in [0.717, 1.165) is 5.75 Å². The summed E-state index contributed by atoms with van der Waals surface area (Å²) < 4.78 is 33.7. The summed E-state index contributed by atoms with van der Waals surface area (Å²) in [5, 5.41) is 2.67. The molecule has 0 radical (unpaired) electrons. The van der Waals surface area contributed by atoms with Gasteiger partial charge >= 0.3 is 0 Å². The molecule has 0 aromatic heterocycles. The molecule has 1 unspecified atom stereocenters. The normalized spacial score (nSPS) is 18.2. The van der Waals surface area contributed by atoms with E-state index in [-0.39, 0.29) is 43.0 Å². The Morgan fingerprint density at radius 3 is 2.42 bits per heavy atom. The van der Waals surface area contributed by atoms with E-state index in [9.17, 15) is 18.0 Å². The molecule has 26 heavy (non-hydrogen) atoms. The summed E-state index contributed by atoms with van der Waals surface area (Å²) in [7, 11) is -1.54. The molecule has 0 spiro atoms. The second-order valence-corrected chi connectivity index (χ2v) is 8.31. The molecule has 2 rings (SSSR count). The van der Waals surface area contributed by atoms with Gasteiger partial charge < -0.3 is 19.7 Å². The van der Waals surface area contributed by atoms with Crippen molar-refractivity contribution in [2.75, 3.05) is 38.3 Å². The topological polar surface area (TPSA) is 102 Å². The lowest BCUT2D eigenvalue weighted by molar-refractivity contribution is -0.136. The standard InChI is InChI=1S/C17H24N2O6S/c1-13(20)19(14-7-10-26(22,23)12-14)11-17(21)18-8-9-25-16-5-3-15(24-2)4-6-16/h3-6,14H,7-12H2,1-2H3,(H,18,21). The van der Waals surface area contributed by atoms with Crippen LogP contribution in [-0.2, 0) is 19.4 Å². The molecule has 0 saturated carbocycles. The molecule has 144 valence electrons. The number of carbonyl (C=O) groups is 2. The van der Waals surface area contributed by atoms with Crippen molar-refractivity contribution in [3.8, 4) is 11.5 Å². The monoisotopic (exact) mass is 384 g/mol. The first kappa shape index (κ1) is 20.0. The quantitative estimate of drug-likeness (QED) is 0.644. The number of carbonyl (C=O) groups excluding carboxylic acids is 2. The summed E-state index contributed by atoms with van der Waals surface area (Å²) in [6, 6.07) is 6.64. The van der Waals surface area contributed by atoms with Gasteiger partial charge in [0.05, 0.1) is 31.7 Å². The highest BCUT2D eigenvalue weighted by Crippen LogP contribution is 2.18. The minimum atomic E-state index is -3.12. The number of hydrogen-bond acceptors (Lipinski definition) is 6. The number of benzene rings is 1. The van der Waals surface area contributed by atoms with Crippen LogP contribution in [0.1, 0.15) is 13.3 Å². The van der Waals surface area contributed by atoms with E-state index in [0.29, 0.717) is 12.2 Å². The Morgan fingerprint density at radius 2 is 1.88 bits per heavy atom. The van der Waals surface area contributed by atoms with Gasteiger partial charge in [-0.25, -0.2) is 8.42 Å². The summed E-state index contributed by atoms with van der Waals surface area (Å²) in [5.41, 5.74) is 0. The SMILES string of the molecule is COc1ccc(OCCNC(=O)CN(C(C)=O)C2CCS(=O)(=O)C2)cc1. The number of methoxy groups -OCH3 is 1. The van der Waals surface area contributed by atoms with Crippen LogP contribution in [0.5, 0.6) is 11.5 Å². The van der Waals surface area contributed by atoms with Crippen molar-refractivity contribution in [3.63, 3.8) is 0 Å². The zero-order chi connectivity index (χ0) is 19.2. The number of nitrogens with one attached hydrogen (secondary N) is 1. The number of hydrogen-bond donors (Lipinski definition) is 1. The van der Waals surface area contributed by atoms with Gasteiger partial charge in [0.15, 0.2) is 9.84 Å². The third kappa shape index (κ3) is 5.91. The molecule has 0 bridgehead atoms. The van der Waals surface area contributed by atoms with Crippen LogP contribution in [0, 0.1) is 0 Å². The smallest absolute Gasteiger partial charge is 0.239 e. The van der Waals surface area contributed by atoms with Gasteiger partial charge in [-0.05, 0) is 30.7 Å². The Bertz CT molecular complexity index is 732. The molecule has 1 fully saturated rings. The van der Waals surface area contributed by atoms with Gasteiger partial charge in [-0.3, -0.25) is 9.59 Å². The van der Waals surface area contributed by atoms with Crippen molar-refractivity contribution >= 4 is 21.7 Å². The molecule has 2 amide bonds. The van der Waals surface area contributed by atoms with E-state index >= 15 is 0 Å². The Labute approximate surface area is 153 Å². The zero-order valence-electron chi connectivity index (χ0n) is 14.9. The lowest BCUT2D eigenvalue weighted by Crippen LogP contribution is -2.46. The Balaban J connectivity index is 1.75. The lowest BCUT2D eigenvalue weighted by Gasteiger charge is -2.26. The first-order valence-corrected chi connectivity index (χ1v) is 10.1. The molecule has 8 nitrogen and oxygen atoms in total. The maximum Gasteiger partial charge on any atom is 0.239 e. The number of rotatable bonds is 8. The van der Waals surface area contributed by atoms with Gasteiger partial charge in [0.2, 0.25) is 11.8 Å². The average molecular weight is 384 g/mol. The van der Waals surface area contributed by atoms with Crippen LogP contribution in [-0.4, -0.2) is 69.5 Å². The van der Waals surface area contributed by atoms with Crippen molar-refractivity contribution in [2.24, 2.45) is 0 Å². The fourth-order valence-electron chi connectivity index (χ4n) is 2.76. The molecule has 1 aliphatic rings. The minimum Gasteiger partial charge on any atom is -0.497 e. The Kier molecular flexibility index (Phi) is 6.84. The number of amides is 2. The van der Waals surface area contributed by atoms with Gasteiger partial charge in [-0.15, -0.1) is 0 Å². The molecular weight excluding hydrogens is 360 g/mol. The molecule has 1 atom stereocenters. The number of sulfone groups is 1. The Hall–Kier alpha value is -2.29. The molecule has 1 N–H and O–H groups in total. The fourth-order valence-corrected chi connectivity index (χ4v) is 4.49. The molecule has 1 aromatic rings. The van der Waals surface area contributed by atoms with Gasteiger partial charge in [0, 0.05) is 13.0 Å². The largest absolute Gasteiger partial charge is 0.497 e. The molecule has 1 saturated heterocycles. The second-order valence-electron chi connectivity index (χ2n) is 6.08. The van der Waals surface area contributed by atoms with Crippen LogP contribution < -0.4 is 14.8 Å². The maximum atomic E-state index is 12.0. The van der Waals surface area contributed by atoms with Crippen molar-refractivity contribution in [2.45, 2.75) is 19.4 Å². The molecule has 0 aliphatic carbocycles. The molecule has 9 heteroatoms. The Morgan fingerprint density at radius 1 is 1.23 bits per heavy atom. The van der Waals surface area contributed by atoms with Crippen LogP contribution in [0.15, 0.2) is 24.3 Å². The van der Waals surface area contributed by atoms with Crippen LogP contribution in [0.25, 0.3) is 0 Å². The fraction of sp³-hybridized carbons (Fsp3) is 0.529. The molecular formula is C17H24N2O6S.